The monoisotopic (exact) mass is 474 g/mol. The van der Waals surface area contributed by atoms with Gasteiger partial charge in [-0.25, -0.2) is 14.8 Å². The van der Waals surface area contributed by atoms with Gasteiger partial charge in [-0.1, -0.05) is 12.1 Å². The highest BCUT2D eigenvalue weighted by molar-refractivity contribution is 5.94. The fourth-order valence-electron chi connectivity index (χ4n) is 4.85. The first kappa shape index (κ1) is 21.7. The second-order valence-corrected chi connectivity index (χ2v) is 8.93. The molecular formula is C24H26N8O3. The molecule has 0 atom stereocenters. The number of ether oxygens (including phenoxy) is 1. The van der Waals surface area contributed by atoms with Gasteiger partial charge in [0.1, 0.15) is 6.33 Å². The minimum atomic E-state index is -0.182. The van der Waals surface area contributed by atoms with E-state index in [9.17, 15) is 9.59 Å². The second kappa shape index (κ2) is 9.08. The predicted octanol–water partition coefficient (Wildman–Crippen LogP) is 1.02. The number of pyridine rings is 1. The fraction of sp³-hybridized carbons (Fsp3) is 0.375. The van der Waals surface area contributed by atoms with Crippen LogP contribution in [0.5, 0.6) is 5.75 Å². The highest BCUT2D eigenvalue weighted by Crippen LogP contribution is 2.25. The van der Waals surface area contributed by atoms with Crippen LogP contribution in [0.1, 0.15) is 18.5 Å². The summed E-state index contributed by atoms with van der Waals surface area (Å²) in [4.78, 5) is 35.7. The Morgan fingerprint density at radius 1 is 1.09 bits per heavy atom. The molecule has 2 N–H and O–H groups in total. The Bertz CT molecular complexity index is 1450. The lowest BCUT2D eigenvalue weighted by Gasteiger charge is -2.32. The first-order valence-corrected chi connectivity index (χ1v) is 11.9. The summed E-state index contributed by atoms with van der Waals surface area (Å²) < 4.78 is 8.55. The lowest BCUT2D eigenvalue weighted by Crippen LogP contribution is -2.44. The average molecular weight is 475 g/mol. The molecule has 0 spiro atoms. The van der Waals surface area contributed by atoms with Crippen molar-refractivity contribution in [2.75, 3.05) is 31.6 Å². The number of benzene rings is 1. The SMILES string of the molecule is O=C1COc2ccc(CNC3CCN(CCn4c(=O)n5ncnc5c5ccccc54)CC3)nc2N1. The maximum Gasteiger partial charge on any atom is 0.351 e. The molecule has 11 heteroatoms. The number of carbonyl (C=O) groups excluding carboxylic acids is 1. The summed E-state index contributed by atoms with van der Waals surface area (Å²) in [5.41, 5.74) is 2.18. The van der Waals surface area contributed by atoms with Gasteiger partial charge >= 0.3 is 5.69 Å². The molecule has 3 aromatic heterocycles. The molecule has 35 heavy (non-hydrogen) atoms. The van der Waals surface area contributed by atoms with Crippen LogP contribution in [0, 0.1) is 0 Å². The van der Waals surface area contributed by atoms with E-state index in [1.807, 2.05) is 36.4 Å². The Hall–Kier alpha value is -3.83. The van der Waals surface area contributed by atoms with Gasteiger partial charge in [-0.05, 0) is 50.2 Å². The van der Waals surface area contributed by atoms with Crippen molar-refractivity contribution in [2.45, 2.75) is 32.0 Å². The van der Waals surface area contributed by atoms with Gasteiger partial charge in [-0.15, -0.1) is 0 Å². The van der Waals surface area contributed by atoms with Crippen LogP contribution in [0.3, 0.4) is 0 Å². The number of para-hydroxylation sites is 1. The number of hydrogen-bond donors (Lipinski definition) is 2. The quantitative estimate of drug-likeness (QED) is 0.425. The number of nitrogens with one attached hydrogen (secondary N) is 2. The number of nitrogens with zero attached hydrogens (tertiary/aromatic N) is 6. The molecule has 1 fully saturated rings. The van der Waals surface area contributed by atoms with Gasteiger partial charge in [0.2, 0.25) is 0 Å². The van der Waals surface area contributed by atoms with Crippen molar-refractivity contribution in [3.8, 4) is 5.75 Å². The summed E-state index contributed by atoms with van der Waals surface area (Å²) in [6.07, 6.45) is 3.46. The second-order valence-electron chi connectivity index (χ2n) is 8.93. The largest absolute Gasteiger partial charge is 0.480 e. The summed E-state index contributed by atoms with van der Waals surface area (Å²) in [5.74, 6) is 0.915. The number of hydrogen-bond acceptors (Lipinski definition) is 8. The minimum absolute atomic E-state index is 0.0325. The highest BCUT2D eigenvalue weighted by atomic mass is 16.5. The van der Waals surface area contributed by atoms with Crippen LogP contribution in [-0.2, 0) is 17.9 Å². The minimum Gasteiger partial charge on any atom is -0.480 e. The smallest absolute Gasteiger partial charge is 0.351 e. The van der Waals surface area contributed by atoms with E-state index in [2.05, 4.69) is 30.6 Å². The number of anilines is 1. The third-order valence-electron chi connectivity index (χ3n) is 6.73. The van der Waals surface area contributed by atoms with Crippen LogP contribution in [0.2, 0.25) is 0 Å². The van der Waals surface area contributed by atoms with Crippen LogP contribution < -0.4 is 21.1 Å². The molecule has 2 aliphatic heterocycles. The number of aromatic nitrogens is 5. The van der Waals surface area contributed by atoms with Crippen molar-refractivity contribution >= 4 is 28.3 Å². The van der Waals surface area contributed by atoms with Crippen LogP contribution in [0.4, 0.5) is 5.82 Å². The summed E-state index contributed by atoms with van der Waals surface area (Å²) in [7, 11) is 0. The molecule has 4 aromatic rings. The number of likely N-dealkylation sites (tertiary alicyclic amines) is 1. The zero-order valence-electron chi connectivity index (χ0n) is 19.2. The van der Waals surface area contributed by atoms with E-state index in [4.69, 9.17) is 4.74 Å². The molecule has 6 rings (SSSR count). The average Bonchev–Trinajstić information content (AvgIpc) is 3.38. The van der Waals surface area contributed by atoms with Crippen molar-refractivity contribution in [3.05, 3.63) is 58.9 Å². The van der Waals surface area contributed by atoms with Crippen molar-refractivity contribution in [2.24, 2.45) is 0 Å². The number of carbonyl (C=O) groups is 1. The molecule has 0 unspecified atom stereocenters. The molecule has 0 bridgehead atoms. The third-order valence-corrected chi connectivity index (χ3v) is 6.73. The van der Waals surface area contributed by atoms with Gasteiger partial charge < -0.3 is 20.3 Å². The molecule has 1 amide bonds. The highest BCUT2D eigenvalue weighted by Gasteiger charge is 2.21. The number of amides is 1. The van der Waals surface area contributed by atoms with Gasteiger partial charge in [0.05, 0.1) is 11.2 Å². The topological polar surface area (TPSA) is 119 Å². The van der Waals surface area contributed by atoms with Crippen molar-refractivity contribution in [1.29, 1.82) is 0 Å². The van der Waals surface area contributed by atoms with Gasteiger partial charge in [0, 0.05) is 31.1 Å². The van der Waals surface area contributed by atoms with Crippen LogP contribution in [0.15, 0.2) is 47.5 Å². The predicted molar refractivity (Wildman–Crippen MR) is 129 cm³/mol. The Morgan fingerprint density at radius 3 is 2.83 bits per heavy atom. The van der Waals surface area contributed by atoms with E-state index in [-0.39, 0.29) is 18.2 Å². The Balaban J connectivity index is 1.05. The van der Waals surface area contributed by atoms with Crippen molar-refractivity contribution in [1.82, 2.24) is 34.4 Å². The van der Waals surface area contributed by atoms with E-state index in [0.29, 0.717) is 36.3 Å². The zero-order valence-corrected chi connectivity index (χ0v) is 19.2. The molecule has 11 nitrogen and oxygen atoms in total. The maximum atomic E-state index is 13.0. The summed E-state index contributed by atoms with van der Waals surface area (Å²) in [5, 5.41) is 11.4. The maximum absolute atomic E-state index is 13.0. The molecule has 0 radical (unpaired) electrons. The molecule has 1 aromatic carbocycles. The first-order chi connectivity index (χ1) is 17.2. The fourth-order valence-corrected chi connectivity index (χ4v) is 4.85. The van der Waals surface area contributed by atoms with E-state index < -0.39 is 0 Å². The standard InChI is InChI=1S/C24H26N8O3/c33-21-14-35-20-6-5-17(28-22(20)29-21)13-25-16-7-9-30(10-8-16)11-12-31-19-4-2-1-3-18(19)23-26-15-27-32(23)24(31)34/h1-6,15-16,25H,7-14H2,(H,28,29,33). The Morgan fingerprint density at radius 2 is 1.94 bits per heavy atom. The molecule has 180 valence electrons. The molecule has 0 aliphatic carbocycles. The normalized spacial score (nSPS) is 16.9. The van der Waals surface area contributed by atoms with Gasteiger partial charge in [0.25, 0.3) is 5.91 Å². The van der Waals surface area contributed by atoms with E-state index in [1.54, 1.807) is 4.57 Å². The molecule has 1 saturated heterocycles. The van der Waals surface area contributed by atoms with E-state index in [0.717, 1.165) is 49.1 Å². The molecular weight excluding hydrogens is 448 g/mol. The summed E-state index contributed by atoms with van der Waals surface area (Å²) in [6.45, 7) is 3.97. The molecule has 5 heterocycles. The van der Waals surface area contributed by atoms with E-state index >= 15 is 0 Å². The lowest BCUT2D eigenvalue weighted by atomic mass is 10.0. The number of fused-ring (bicyclic) bond motifs is 4. The Kier molecular flexibility index (Phi) is 5.63. The van der Waals surface area contributed by atoms with E-state index in [1.165, 1.54) is 10.8 Å². The number of rotatable bonds is 6. The van der Waals surface area contributed by atoms with Crippen molar-refractivity contribution < 1.29 is 9.53 Å². The third kappa shape index (κ3) is 4.24. The Labute approximate surface area is 200 Å². The lowest BCUT2D eigenvalue weighted by molar-refractivity contribution is -0.118. The van der Waals surface area contributed by atoms with Crippen LogP contribution in [-0.4, -0.2) is 67.2 Å². The van der Waals surface area contributed by atoms with Crippen molar-refractivity contribution in [3.63, 3.8) is 0 Å². The molecule has 0 saturated carbocycles. The zero-order chi connectivity index (χ0) is 23.8. The molecule has 2 aliphatic rings. The first-order valence-electron chi connectivity index (χ1n) is 11.9. The van der Waals surface area contributed by atoms with Gasteiger partial charge in [-0.3, -0.25) is 9.36 Å². The summed E-state index contributed by atoms with van der Waals surface area (Å²) in [6, 6.07) is 12.0. The summed E-state index contributed by atoms with van der Waals surface area (Å²) >= 11 is 0. The van der Waals surface area contributed by atoms with Crippen LogP contribution >= 0.6 is 0 Å². The van der Waals surface area contributed by atoms with Crippen LogP contribution in [0.25, 0.3) is 16.6 Å². The van der Waals surface area contributed by atoms with Gasteiger partial charge in [-0.2, -0.15) is 9.61 Å². The number of piperidine rings is 1. The van der Waals surface area contributed by atoms with Gasteiger partial charge in [0.15, 0.2) is 23.8 Å².